The Morgan fingerprint density at radius 3 is 2.12 bits per heavy atom. The van der Waals surface area contributed by atoms with Crippen molar-refractivity contribution in [1.29, 1.82) is 0 Å². The largest absolute Gasteiger partial charge is 0.479 e. The molecule has 0 saturated heterocycles. The zero-order chi connectivity index (χ0) is 18.7. The fourth-order valence-electron chi connectivity index (χ4n) is 3.17. The van der Waals surface area contributed by atoms with E-state index in [0.29, 0.717) is 0 Å². The van der Waals surface area contributed by atoms with Gasteiger partial charge in [0.25, 0.3) is 0 Å². The van der Waals surface area contributed by atoms with E-state index in [9.17, 15) is 14.7 Å². The van der Waals surface area contributed by atoms with Gasteiger partial charge in [-0.3, -0.25) is 5.32 Å². The highest BCUT2D eigenvalue weighted by atomic mass is 32.2. The van der Waals surface area contributed by atoms with Crippen LogP contribution >= 0.6 is 11.8 Å². The number of hydrogen-bond donors (Lipinski definition) is 2. The third-order valence-electron chi connectivity index (χ3n) is 4.23. The topological polar surface area (TPSA) is 75.6 Å². The molecule has 0 radical (unpaired) electrons. The zero-order valence-electron chi connectivity index (χ0n) is 14.6. The zero-order valence-corrected chi connectivity index (χ0v) is 15.5. The first-order valence-electron chi connectivity index (χ1n) is 8.47. The molecule has 1 aliphatic carbocycles. The highest BCUT2D eigenvalue weighted by molar-refractivity contribution is 8.01. The van der Waals surface area contributed by atoms with Gasteiger partial charge in [-0.1, -0.05) is 62.4 Å². The molecule has 0 aromatic heterocycles. The smallest absolute Gasteiger partial charge is 0.408 e. The van der Waals surface area contributed by atoms with Crippen LogP contribution in [0.25, 0.3) is 11.1 Å². The predicted octanol–water partition coefficient (Wildman–Crippen LogP) is 4.08. The number of hydrogen-bond acceptors (Lipinski definition) is 4. The maximum absolute atomic E-state index is 12.1. The molecule has 0 heterocycles. The fraction of sp³-hybridized carbons (Fsp3) is 0.300. The van der Waals surface area contributed by atoms with Crippen molar-refractivity contribution in [3.8, 4) is 11.1 Å². The molecule has 3 rings (SSSR count). The molecule has 2 aromatic rings. The molecule has 2 aromatic carbocycles. The lowest BCUT2D eigenvalue weighted by Gasteiger charge is -2.18. The van der Waals surface area contributed by atoms with Gasteiger partial charge in [0.15, 0.2) is 5.37 Å². The van der Waals surface area contributed by atoms with Gasteiger partial charge >= 0.3 is 12.1 Å². The number of thioether (sulfide) groups is 1. The van der Waals surface area contributed by atoms with Crippen LogP contribution in [0.15, 0.2) is 48.5 Å². The lowest BCUT2D eigenvalue weighted by atomic mass is 9.98. The number of ether oxygens (including phenoxy) is 1. The van der Waals surface area contributed by atoms with Gasteiger partial charge < -0.3 is 9.84 Å². The number of benzene rings is 2. The van der Waals surface area contributed by atoms with Crippen LogP contribution in [-0.2, 0) is 9.53 Å². The molecule has 0 spiro atoms. The lowest BCUT2D eigenvalue weighted by Crippen LogP contribution is -2.40. The van der Waals surface area contributed by atoms with Crippen molar-refractivity contribution >= 4 is 23.8 Å². The monoisotopic (exact) mass is 371 g/mol. The van der Waals surface area contributed by atoms with Gasteiger partial charge in [-0.25, -0.2) is 9.59 Å². The summed E-state index contributed by atoms with van der Waals surface area (Å²) in [5.74, 6) is -1.13. The number of nitrogens with one attached hydrogen (secondary N) is 1. The maximum atomic E-state index is 12.1. The summed E-state index contributed by atoms with van der Waals surface area (Å²) in [7, 11) is 0. The maximum Gasteiger partial charge on any atom is 0.408 e. The molecule has 5 nitrogen and oxygen atoms in total. The predicted molar refractivity (Wildman–Crippen MR) is 102 cm³/mol. The minimum Gasteiger partial charge on any atom is -0.479 e. The Labute approximate surface area is 156 Å². The molecule has 6 heteroatoms. The summed E-state index contributed by atoms with van der Waals surface area (Å²) in [4.78, 5) is 23.4. The third kappa shape index (κ3) is 3.85. The van der Waals surface area contributed by atoms with Gasteiger partial charge in [-0.15, -0.1) is 11.8 Å². The molecule has 2 N–H and O–H groups in total. The fourth-order valence-corrected chi connectivity index (χ4v) is 4.00. The molecule has 1 amide bonds. The summed E-state index contributed by atoms with van der Waals surface area (Å²) in [6, 6.07) is 16.1. The quantitative estimate of drug-likeness (QED) is 0.749. The first-order chi connectivity index (χ1) is 12.5. The van der Waals surface area contributed by atoms with Crippen molar-refractivity contribution in [3.63, 3.8) is 0 Å². The SMILES string of the molecule is CC(C)SC(NC(=O)OCC1c2ccccc2-c2ccccc21)C(=O)O. The first kappa shape index (κ1) is 18.3. The normalized spacial score (nSPS) is 13.8. The Hall–Kier alpha value is -2.47. The summed E-state index contributed by atoms with van der Waals surface area (Å²) in [6.45, 7) is 3.92. The van der Waals surface area contributed by atoms with Crippen LogP contribution in [0.3, 0.4) is 0 Å². The number of carbonyl (C=O) groups excluding carboxylic acids is 1. The highest BCUT2D eigenvalue weighted by Crippen LogP contribution is 2.44. The van der Waals surface area contributed by atoms with Gasteiger partial charge in [0.05, 0.1) is 0 Å². The Morgan fingerprint density at radius 1 is 1.08 bits per heavy atom. The first-order valence-corrected chi connectivity index (χ1v) is 9.41. The molecule has 0 bridgehead atoms. The summed E-state index contributed by atoms with van der Waals surface area (Å²) in [5.41, 5.74) is 4.53. The van der Waals surface area contributed by atoms with Crippen molar-refractivity contribution in [2.24, 2.45) is 0 Å². The number of carbonyl (C=O) groups is 2. The van der Waals surface area contributed by atoms with E-state index in [4.69, 9.17) is 4.74 Å². The minimum absolute atomic E-state index is 0.0471. The van der Waals surface area contributed by atoms with E-state index in [1.807, 2.05) is 50.2 Å². The van der Waals surface area contributed by atoms with Crippen LogP contribution in [0.4, 0.5) is 4.79 Å². The van der Waals surface area contributed by atoms with Crippen LogP contribution in [0.1, 0.15) is 30.9 Å². The molecule has 1 aliphatic rings. The van der Waals surface area contributed by atoms with E-state index in [1.165, 1.54) is 0 Å². The number of fused-ring (bicyclic) bond motifs is 3. The molecule has 0 aliphatic heterocycles. The van der Waals surface area contributed by atoms with E-state index >= 15 is 0 Å². The van der Waals surface area contributed by atoms with Crippen molar-refractivity contribution in [1.82, 2.24) is 5.32 Å². The molecular weight excluding hydrogens is 350 g/mol. The molecule has 0 fully saturated rings. The number of carboxylic acids is 1. The second kappa shape index (κ2) is 7.83. The number of rotatable bonds is 6. The van der Waals surface area contributed by atoms with Gasteiger partial charge in [0.2, 0.25) is 0 Å². The summed E-state index contributed by atoms with van der Waals surface area (Å²) in [5, 5.41) is 10.7. The summed E-state index contributed by atoms with van der Waals surface area (Å²) in [6.07, 6.45) is -0.715. The highest BCUT2D eigenvalue weighted by Gasteiger charge is 2.29. The van der Waals surface area contributed by atoms with Crippen molar-refractivity contribution in [2.75, 3.05) is 6.61 Å². The minimum atomic E-state index is -1.09. The molecule has 0 saturated carbocycles. The molecule has 26 heavy (non-hydrogen) atoms. The second-order valence-corrected chi connectivity index (χ2v) is 8.06. The Bertz CT molecular complexity index is 775. The van der Waals surface area contributed by atoms with Crippen molar-refractivity contribution in [3.05, 3.63) is 59.7 Å². The molecule has 136 valence electrons. The number of aliphatic carboxylic acids is 1. The van der Waals surface area contributed by atoms with E-state index < -0.39 is 17.4 Å². The Balaban J connectivity index is 1.70. The van der Waals surface area contributed by atoms with Gasteiger partial charge in [-0.2, -0.15) is 0 Å². The van der Waals surface area contributed by atoms with E-state index in [2.05, 4.69) is 17.4 Å². The van der Waals surface area contributed by atoms with Crippen LogP contribution in [0.5, 0.6) is 0 Å². The van der Waals surface area contributed by atoms with Crippen LogP contribution < -0.4 is 5.32 Å². The van der Waals surface area contributed by atoms with Crippen LogP contribution in [-0.4, -0.2) is 34.4 Å². The van der Waals surface area contributed by atoms with Crippen molar-refractivity contribution in [2.45, 2.75) is 30.4 Å². The van der Waals surface area contributed by atoms with E-state index in [1.54, 1.807) is 0 Å². The summed E-state index contributed by atoms with van der Waals surface area (Å²) >= 11 is 1.16. The Kier molecular flexibility index (Phi) is 5.52. The number of alkyl carbamates (subject to hydrolysis) is 1. The lowest BCUT2D eigenvalue weighted by molar-refractivity contribution is -0.136. The average molecular weight is 371 g/mol. The average Bonchev–Trinajstić information content (AvgIpc) is 2.93. The van der Waals surface area contributed by atoms with Gasteiger partial charge in [0.1, 0.15) is 6.61 Å². The summed E-state index contributed by atoms with van der Waals surface area (Å²) < 4.78 is 5.38. The molecule has 1 atom stereocenters. The number of carboxylic acid groups (broad SMARTS) is 1. The van der Waals surface area contributed by atoms with E-state index in [-0.39, 0.29) is 17.8 Å². The van der Waals surface area contributed by atoms with Gasteiger partial charge in [-0.05, 0) is 22.3 Å². The van der Waals surface area contributed by atoms with Crippen LogP contribution in [0, 0.1) is 0 Å². The van der Waals surface area contributed by atoms with Crippen LogP contribution in [0.2, 0.25) is 0 Å². The third-order valence-corrected chi connectivity index (χ3v) is 5.36. The molecular formula is C20H21NO4S. The van der Waals surface area contributed by atoms with Gasteiger partial charge in [0, 0.05) is 11.2 Å². The van der Waals surface area contributed by atoms with Crippen molar-refractivity contribution < 1.29 is 19.4 Å². The van der Waals surface area contributed by atoms with E-state index in [0.717, 1.165) is 34.0 Å². The Morgan fingerprint density at radius 2 is 1.62 bits per heavy atom. The number of amides is 1. The molecule has 1 unspecified atom stereocenters. The standard InChI is InChI=1S/C20H21NO4S/c1-12(2)26-18(19(22)23)21-20(24)25-11-17-15-9-5-3-7-13(15)14-8-4-6-10-16(14)17/h3-10,12,17-18H,11H2,1-2H3,(H,21,24)(H,22,23). The second-order valence-electron chi connectivity index (χ2n) is 6.37.